The Kier molecular flexibility index (Phi) is 3.67. The highest BCUT2D eigenvalue weighted by Crippen LogP contribution is 2.39. The van der Waals surface area contributed by atoms with E-state index in [0.717, 1.165) is 25.7 Å². The first kappa shape index (κ1) is 13.8. The van der Waals surface area contributed by atoms with E-state index in [1.807, 2.05) is 4.90 Å². The van der Waals surface area contributed by atoms with E-state index in [2.05, 4.69) is 0 Å². The number of carboxylic acids is 1. The Labute approximate surface area is 107 Å². The first-order chi connectivity index (χ1) is 8.33. The zero-order valence-electron chi connectivity index (χ0n) is 10.9. The first-order valence-corrected chi connectivity index (χ1v) is 6.74. The van der Waals surface area contributed by atoms with Gasteiger partial charge >= 0.3 is 5.97 Å². The maximum absolute atomic E-state index is 10.9. The van der Waals surface area contributed by atoms with Crippen LogP contribution in [-0.4, -0.2) is 57.0 Å². The smallest absolute Gasteiger partial charge is 0.336 e. The normalized spacial score (nSPS) is 36.7. The Balaban J connectivity index is 1.97. The third kappa shape index (κ3) is 2.68. The van der Waals surface area contributed by atoms with Crippen LogP contribution in [-0.2, 0) is 4.79 Å². The molecule has 3 atom stereocenters. The lowest BCUT2D eigenvalue weighted by molar-refractivity contribution is -0.161. The van der Waals surface area contributed by atoms with E-state index in [4.69, 9.17) is 5.11 Å². The summed E-state index contributed by atoms with van der Waals surface area (Å²) in [6, 6.07) is 0. The summed E-state index contributed by atoms with van der Waals surface area (Å²) in [5, 5.41) is 29.2. The van der Waals surface area contributed by atoms with Crippen molar-refractivity contribution in [2.75, 3.05) is 19.6 Å². The summed E-state index contributed by atoms with van der Waals surface area (Å²) in [5.41, 5.74) is -2.26. The molecule has 0 bridgehead atoms. The molecule has 2 fully saturated rings. The van der Waals surface area contributed by atoms with Crippen molar-refractivity contribution in [3.63, 3.8) is 0 Å². The number of β-amino-alcohol motifs (C(OH)–C–C–N with tert-alkyl or cyclic N) is 1. The van der Waals surface area contributed by atoms with Crippen LogP contribution < -0.4 is 0 Å². The minimum absolute atomic E-state index is 0.134. The van der Waals surface area contributed by atoms with Crippen molar-refractivity contribution >= 4 is 5.97 Å². The van der Waals surface area contributed by atoms with Gasteiger partial charge in [-0.25, -0.2) is 4.79 Å². The van der Waals surface area contributed by atoms with Crippen LogP contribution in [0.4, 0.5) is 0 Å². The molecule has 0 aromatic heterocycles. The number of rotatable bonds is 3. The molecule has 0 spiro atoms. The van der Waals surface area contributed by atoms with E-state index < -0.39 is 17.2 Å². The van der Waals surface area contributed by atoms with Gasteiger partial charge in [-0.15, -0.1) is 0 Å². The van der Waals surface area contributed by atoms with Crippen molar-refractivity contribution in [2.45, 2.75) is 50.2 Å². The number of piperidine rings is 1. The Hall–Kier alpha value is -0.650. The third-order valence-electron chi connectivity index (χ3n) is 4.50. The Morgan fingerprint density at radius 1 is 1.44 bits per heavy atom. The van der Waals surface area contributed by atoms with Crippen LogP contribution in [0.25, 0.3) is 0 Å². The molecule has 18 heavy (non-hydrogen) atoms. The molecule has 5 nitrogen and oxygen atoms in total. The summed E-state index contributed by atoms with van der Waals surface area (Å²) in [6.45, 7) is 2.82. The van der Waals surface area contributed by atoms with Gasteiger partial charge in [0.05, 0.1) is 5.60 Å². The van der Waals surface area contributed by atoms with E-state index in [1.165, 1.54) is 6.92 Å². The molecule has 2 rings (SSSR count). The van der Waals surface area contributed by atoms with Crippen LogP contribution in [0.2, 0.25) is 0 Å². The van der Waals surface area contributed by atoms with Crippen LogP contribution in [0, 0.1) is 5.92 Å². The molecule has 1 aliphatic carbocycles. The molecular formula is C13H23NO4. The lowest BCUT2D eigenvalue weighted by Crippen LogP contribution is -2.57. The molecule has 104 valence electrons. The van der Waals surface area contributed by atoms with Gasteiger partial charge in [0.2, 0.25) is 0 Å². The molecule has 5 heteroatoms. The lowest BCUT2D eigenvalue weighted by atomic mass is 9.71. The summed E-state index contributed by atoms with van der Waals surface area (Å²) >= 11 is 0. The van der Waals surface area contributed by atoms with Gasteiger partial charge in [-0.05, 0) is 26.2 Å². The van der Waals surface area contributed by atoms with Gasteiger partial charge in [0.25, 0.3) is 0 Å². The lowest BCUT2D eigenvalue weighted by Gasteiger charge is -2.48. The predicted octanol–water partition coefficient (Wildman–Crippen LogP) is 0.449. The van der Waals surface area contributed by atoms with E-state index in [-0.39, 0.29) is 12.5 Å². The topological polar surface area (TPSA) is 81.0 Å². The number of hydrogen-bond acceptors (Lipinski definition) is 4. The van der Waals surface area contributed by atoms with Crippen molar-refractivity contribution in [1.82, 2.24) is 4.90 Å². The number of aliphatic hydroxyl groups is 2. The molecule has 1 aliphatic heterocycles. The SMILES string of the molecule is CC(O)(CN1CCC2(O)CCCCC2C1)C(=O)O. The van der Waals surface area contributed by atoms with Crippen LogP contribution in [0.5, 0.6) is 0 Å². The average molecular weight is 257 g/mol. The monoisotopic (exact) mass is 257 g/mol. The highest BCUT2D eigenvalue weighted by Gasteiger charge is 2.44. The van der Waals surface area contributed by atoms with E-state index in [1.54, 1.807) is 0 Å². The molecule has 0 amide bonds. The Morgan fingerprint density at radius 2 is 2.17 bits per heavy atom. The van der Waals surface area contributed by atoms with Gasteiger partial charge in [-0.2, -0.15) is 0 Å². The summed E-state index contributed by atoms with van der Waals surface area (Å²) < 4.78 is 0. The molecule has 0 aromatic rings. The van der Waals surface area contributed by atoms with Gasteiger partial charge in [0.1, 0.15) is 0 Å². The summed E-state index contributed by atoms with van der Waals surface area (Å²) in [7, 11) is 0. The second-order valence-electron chi connectivity index (χ2n) is 6.11. The minimum Gasteiger partial charge on any atom is -0.479 e. The van der Waals surface area contributed by atoms with E-state index >= 15 is 0 Å². The van der Waals surface area contributed by atoms with Crippen molar-refractivity contribution in [3.8, 4) is 0 Å². The van der Waals surface area contributed by atoms with Crippen molar-refractivity contribution in [1.29, 1.82) is 0 Å². The fourth-order valence-corrected chi connectivity index (χ4v) is 3.29. The number of carbonyl (C=O) groups is 1. The zero-order valence-corrected chi connectivity index (χ0v) is 10.9. The molecule has 1 saturated carbocycles. The molecule has 2 aliphatic rings. The van der Waals surface area contributed by atoms with E-state index in [0.29, 0.717) is 19.5 Å². The molecule has 3 N–H and O–H groups in total. The molecule has 1 saturated heterocycles. The Morgan fingerprint density at radius 3 is 2.83 bits per heavy atom. The number of nitrogens with zero attached hydrogens (tertiary/aromatic N) is 1. The quantitative estimate of drug-likeness (QED) is 0.684. The summed E-state index contributed by atoms with van der Waals surface area (Å²) in [4.78, 5) is 12.9. The third-order valence-corrected chi connectivity index (χ3v) is 4.50. The second kappa shape index (κ2) is 4.79. The van der Waals surface area contributed by atoms with Gasteiger partial charge in [-0.3, -0.25) is 4.90 Å². The van der Waals surface area contributed by atoms with Crippen LogP contribution in [0.1, 0.15) is 39.0 Å². The average Bonchev–Trinajstić information content (AvgIpc) is 2.29. The van der Waals surface area contributed by atoms with Crippen molar-refractivity contribution in [2.24, 2.45) is 5.92 Å². The van der Waals surface area contributed by atoms with Gasteiger partial charge < -0.3 is 15.3 Å². The maximum atomic E-state index is 10.9. The fourth-order valence-electron chi connectivity index (χ4n) is 3.29. The summed E-state index contributed by atoms with van der Waals surface area (Å²) in [5.74, 6) is -0.962. The Bertz CT molecular complexity index is 331. The van der Waals surface area contributed by atoms with Crippen LogP contribution >= 0.6 is 0 Å². The number of aliphatic carboxylic acids is 1. The summed E-state index contributed by atoms with van der Waals surface area (Å²) in [6.07, 6.45) is 4.77. The first-order valence-electron chi connectivity index (χ1n) is 6.74. The number of hydrogen-bond donors (Lipinski definition) is 3. The molecule has 3 unspecified atom stereocenters. The van der Waals surface area contributed by atoms with Crippen LogP contribution in [0.3, 0.4) is 0 Å². The second-order valence-corrected chi connectivity index (χ2v) is 6.11. The highest BCUT2D eigenvalue weighted by molar-refractivity contribution is 5.76. The maximum Gasteiger partial charge on any atom is 0.336 e. The molecule has 0 aromatic carbocycles. The number of carboxylic acid groups (broad SMARTS) is 1. The molecular weight excluding hydrogens is 234 g/mol. The highest BCUT2D eigenvalue weighted by atomic mass is 16.4. The van der Waals surface area contributed by atoms with E-state index in [9.17, 15) is 15.0 Å². The molecule has 1 heterocycles. The minimum atomic E-state index is -1.70. The van der Waals surface area contributed by atoms with Crippen molar-refractivity contribution in [3.05, 3.63) is 0 Å². The largest absolute Gasteiger partial charge is 0.479 e. The number of fused-ring (bicyclic) bond motifs is 1. The molecule has 0 radical (unpaired) electrons. The van der Waals surface area contributed by atoms with Gasteiger partial charge in [-0.1, -0.05) is 12.8 Å². The van der Waals surface area contributed by atoms with Gasteiger partial charge in [0, 0.05) is 25.6 Å². The predicted molar refractivity (Wildman–Crippen MR) is 66.2 cm³/mol. The van der Waals surface area contributed by atoms with Crippen LogP contribution in [0.15, 0.2) is 0 Å². The number of likely N-dealkylation sites (tertiary alicyclic amines) is 1. The van der Waals surface area contributed by atoms with Gasteiger partial charge in [0.15, 0.2) is 5.60 Å². The van der Waals surface area contributed by atoms with Crippen molar-refractivity contribution < 1.29 is 20.1 Å². The fraction of sp³-hybridized carbons (Fsp3) is 0.923. The zero-order chi connectivity index (χ0) is 13.4. The standard InChI is InChI=1S/C13H23NO4/c1-12(17,11(15)16)9-14-7-6-13(18)5-3-2-4-10(13)8-14/h10,17-18H,2-9H2,1H3,(H,15,16).